The zero-order chi connectivity index (χ0) is 29.9. The number of pyridine rings is 1. The first-order chi connectivity index (χ1) is 20.8. The van der Waals surface area contributed by atoms with Crippen LogP contribution in [0.25, 0.3) is 11.1 Å². The number of hydrogen-bond acceptors (Lipinski definition) is 10. The maximum absolute atomic E-state index is 14.6. The molecule has 4 heterocycles. The van der Waals surface area contributed by atoms with Crippen LogP contribution in [0.2, 0.25) is 0 Å². The number of piperidine rings is 1. The van der Waals surface area contributed by atoms with Crippen LogP contribution in [0.1, 0.15) is 22.3 Å². The second-order valence-electron chi connectivity index (χ2n) is 10.6. The maximum atomic E-state index is 14.6. The Bertz CT molecular complexity index is 1650. The number of hydrogen-bond donors (Lipinski definition) is 2. The van der Waals surface area contributed by atoms with E-state index in [1.165, 1.54) is 29.9 Å². The van der Waals surface area contributed by atoms with Gasteiger partial charge in [0.25, 0.3) is 11.8 Å². The fourth-order valence-electron chi connectivity index (χ4n) is 5.01. The Morgan fingerprint density at radius 2 is 1.91 bits per heavy atom. The summed E-state index contributed by atoms with van der Waals surface area (Å²) in [7, 11) is 3.76. The predicted molar refractivity (Wildman–Crippen MR) is 160 cm³/mol. The SMILES string of the molecule is CN(C)c1nsc(N2CC[C@@H]3Oc4cc(F)cc(c4)CNC(=O)COc4cccc(c4)-c4cncc(c4)C(=O)N[C@@H]3C2)n1. The molecule has 0 unspecified atom stereocenters. The number of anilines is 2. The lowest BCUT2D eigenvalue weighted by atomic mass is 10.0. The summed E-state index contributed by atoms with van der Waals surface area (Å²) in [5.41, 5.74) is 2.40. The summed E-state index contributed by atoms with van der Waals surface area (Å²) in [5, 5.41) is 6.64. The molecule has 2 amide bonds. The van der Waals surface area contributed by atoms with Crippen molar-refractivity contribution in [2.75, 3.05) is 43.6 Å². The van der Waals surface area contributed by atoms with E-state index in [0.717, 1.165) is 16.3 Å². The van der Waals surface area contributed by atoms with Gasteiger partial charge in [-0.25, -0.2) is 4.39 Å². The highest BCUT2D eigenvalue weighted by molar-refractivity contribution is 7.09. The predicted octanol–water partition coefficient (Wildman–Crippen LogP) is 3.27. The minimum atomic E-state index is -0.494. The average molecular weight is 604 g/mol. The molecule has 1 fully saturated rings. The quantitative estimate of drug-likeness (QED) is 0.356. The van der Waals surface area contributed by atoms with Crippen molar-refractivity contribution >= 4 is 34.4 Å². The summed E-state index contributed by atoms with van der Waals surface area (Å²) in [6.07, 6.45) is 3.25. The molecule has 11 nitrogen and oxygen atoms in total. The molecule has 0 aliphatic carbocycles. The number of carbonyl (C=O) groups is 2. The minimum Gasteiger partial charge on any atom is -0.488 e. The number of rotatable bonds is 2. The lowest BCUT2D eigenvalue weighted by molar-refractivity contribution is -0.123. The highest BCUT2D eigenvalue weighted by Crippen LogP contribution is 2.28. The fourth-order valence-corrected chi connectivity index (χ4v) is 5.78. The highest BCUT2D eigenvalue weighted by atomic mass is 32.1. The molecule has 2 aromatic carbocycles. The molecule has 2 atom stereocenters. The Morgan fingerprint density at radius 1 is 1.05 bits per heavy atom. The topological polar surface area (TPSA) is 122 Å². The van der Waals surface area contributed by atoms with Gasteiger partial charge in [-0.15, -0.1) is 0 Å². The van der Waals surface area contributed by atoms with E-state index in [1.807, 2.05) is 25.1 Å². The Hall–Kier alpha value is -4.78. The van der Waals surface area contributed by atoms with Gasteiger partial charge in [-0.2, -0.15) is 9.36 Å². The highest BCUT2D eigenvalue weighted by Gasteiger charge is 2.34. The van der Waals surface area contributed by atoms with E-state index in [4.69, 9.17) is 9.47 Å². The monoisotopic (exact) mass is 603 g/mol. The van der Waals surface area contributed by atoms with Gasteiger partial charge in [-0.1, -0.05) is 12.1 Å². The van der Waals surface area contributed by atoms with Crippen molar-refractivity contribution in [1.29, 1.82) is 0 Å². The van der Waals surface area contributed by atoms with E-state index in [9.17, 15) is 14.0 Å². The molecular weight excluding hydrogens is 573 g/mol. The van der Waals surface area contributed by atoms with Gasteiger partial charge in [0.1, 0.15) is 23.4 Å². The second-order valence-corrected chi connectivity index (χ2v) is 11.3. The zero-order valence-electron chi connectivity index (χ0n) is 23.6. The van der Waals surface area contributed by atoms with E-state index >= 15 is 0 Å². The van der Waals surface area contributed by atoms with Crippen molar-refractivity contribution in [3.05, 3.63) is 77.9 Å². The molecule has 6 bridgehead atoms. The second kappa shape index (κ2) is 12.2. The molecule has 2 N–H and O–H groups in total. The van der Waals surface area contributed by atoms with Crippen molar-refractivity contribution in [2.24, 2.45) is 0 Å². The molecule has 0 saturated carbocycles. The van der Waals surface area contributed by atoms with Gasteiger partial charge < -0.3 is 29.9 Å². The fraction of sp³-hybridized carbons (Fsp3) is 0.300. The van der Waals surface area contributed by atoms with Crippen LogP contribution in [0.5, 0.6) is 11.5 Å². The molecule has 2 aromatic heterocycles. The van der Waals surface area contributed by atoms with E-state index in [0.29, 0.717) is 48.1 Å². The molecule has 43 heavy (non-hydrogen) atoms. The summed E-state index contributed by atoms with van der Waals surface area (Å²) in [4.78, 5) is 39.0. The Morgan fingerprint density at radius 3 is 2.74 bits per heavy atom. The summed E-state index contributed by atoms with van der Waals surface area (Å²) >= 11 is 1.29. The van der Waals surface area contributed by atoms with Crippen molar-refractivity contribution in [3.8, 4) is 22.6 Å². The summed E-state index contributed by atoms with van der Waals surface area (Å²) in [6, 6.07) is 12.8. The van der Waals surface area contributed by atoms with E-state index in [-0.39, 0.29) is 25.0 Å². The number of ether oxygens (including phenoxy) is 2. The molecule has 2 aliphatic rings. The Kier molecular flexibility index (Phi) is 8.05. The molecule has 4 aromatic rings. The summed E-state index contributed by atoms with van der Waals surface area (Å²) < 4.78 is 31.1. The van der Waals surface area contributed by atoms with Gasteiger partial charge in [-0.05, 0) is 41.5 Å². The van der Waals surface area contributed by atoms with E-state index in [1.54, 1.807) is 36.5 Å². The lowest BCUT2D eigenvalue weighted by Crippen LogP contribution is -2.57. The van der Waals surface area contributed by atoms with Crippen LogP contribution in [0.3, 0.4) is 0 Å². The first kappa shape index (κ1) is 28.3. The van der Waals surface area contributed by atoms with Crippen LogP contribution >= 0.6 is 11.5 Å². The molecule has 1 saturated heterocycles. The molecule has 0 spiro atoms. The van der Waals surface area contributed by atoms with Gasteiger partial charge in [0, 0.05) is 75.7 Å². The van der Waals surface area contributed by atoms with Crippen LogP contribution in [-0.2, 0) is 11.3 Å². The first-order valence-corrected chi connectivity index (χ1v) is 14.6. The van der Waals surface area contributed by atoms with Crippen molar-refractivity contribution in [2.45, 2.75) is 25.1 Å². The lowest BCUT2D eigenvalue weighted by Gasteiger charge is -2.38. The number of nitrogens with one attached hydrogen (secondary N) is 2. The number of aromatic nitrogens is 3. The number of benzene rings is 2. The number of nitrogens with zero attached hydrogens (tertiary/aromatic N) is 5. The van der Waals surface area contributed by atoms with Gasteiger partial charge in [0.15, 0.2) is 6.61 Å². The van der Waals surface area contributed by atoms with Crippen LogP contribution in [0, 0.1) is 5.82 Å². The molecule has 0 radical (unpaired) electrons. The number of carbonyl (C=O) groups excluding carboxylic acids is 2. The zero-order valence-corrected chi connectivity index (χ0v) is 24.4. The van der Waals surface area contributed by atoms with E-state index < -0.39 is 18.0 Å². The summed E-state index contributed by atoms with van der Waals surface area (Å²) in [5.74, 6) is 0.241. The van der Waals surface area contributed by atoms with E-state index in [2.05, 4.69) is 29.9 Å². The largest absolute Gasteiger partial charge is 0.488 e. The Labute approximate surface area is 251 Å². The molecule has 13 heteroatoms. The van der Waals surface area contributed by atoms with Gasteiger partial charge in [0.05, 0.1) is 11.6 Å². The third-order valence-corrected chi connectivity index (χ3v) is 7.95. The normalized spacial score (nSPS) is 18.9. The van der Waals surface area contributed by atoms with Gasteiger partial charge in [0.2, 0.25) is 11.1 Å². The third-order valence-electron chi connectivity index (χ3n) is 7.19. The van der Waals surface area contributed by atoms with Crippen LogP contribution in [0.15, 0.2) is 60.9 Å². The molecule has 6 rings (SSSR count). The van der Waals surface area contributed by atoms with Gasteiger partial charge >= 0.3 is 0 Å². The van der Waals surface area contributed by atoms with Crippen LogP contribution in [0.4, 0.5) is 15.5 Å². The number of amides is 2. The smallest absolute Gasteiger partial charge is 0.258 e. The first-order valence-electron chi connectivity index (χ1n) is 13.8. The molecule has 2 aliphatic heterocycles. The number of fused-ring (bicyclic) bond motifs is 8. The maximum Gasteiger partial charge on any atom is 0.258 e. The van der Waals surface area contributed by atoms with Crippen molar-refractivity contribution in [3.63, 3.8) is 0 Å². The minimum absolute atomic E-state index is 0.0950. The van der Waals surface area contributed by atoms with Crippen LogP contribution < -0.4 is 29.9 Å². The average Bonchev–Trinajstić information content (AvgIpc) is 3.50. The van der Waals surface area contributed by atoms with Crippen molar-refractivity contribution in [1.82, 2.24) is 25.0 Å². The van der Waals surface area contributed by atoms with Crippen LogP contribution in [-0.4, -0.2) is 72.1 Å². The molecule has 222 valence electrons. The number of halogens is 1. The summed E-state index contributed by atoms with van der Waals surface area (Å²) in [6.45, 7) is 0.888. The van der Waals surface area contributed by atoms with Gasteiger partial charge in [-0.3, -0.25) is 14.6 Å². The Balaban J connectivity index is 1.34. The standard InChI is InChI=1S/C30H30FN7O4S/c1-37(2)29-35-30(43-36-29)38-7-6-26-25(16-38)34-28(40)21-10-20(14-32-15-21)19-4-3-5-23(11-19)41-17-27(39)33-13-18-8-22(31)12-24(9-18)42-26/h3-5,8-12,14-15,25-26H,6-7,13,16-17H2,1-2H3,(H,33,39)(H,34,40)/t25-,26+/m1/s1. The molecular formula is C30H30FN7O4S. The third kappa shape index (κ3) is 6.67. The van der Waals surface area contributed by atoms with Crippen molar-refractivity contribution < 1.29 is 23.5 Å².